The van der Waals surface area contributed by atoms with Crippen LogP contribution in [-0.2, 0) is 0 Å². The SMILES string of the molecule is CCCN(C(=O)c1ccc2ccccc2n1)C1CCNCC1.Cl.Cl. The average Bonchev–Trinajstić information content (AvgIpc) is 2.59. The van der Waals surface area contributed by atoms with Gasteiger partial charge >= 0.3 is 0 Å². The van der Waals surface area contributed by atoms with E-state index in [0.717, 1.165) is 49.8 Å². The Bertz CT molecular complexity index is 660. The minimum atomic E-state index is 0. The lowest BCUT2D eigenvalue weighted by Gasteiger charge is -2.34. The summed E-state index contributed by atoms with van der Waals surface area (Å²) in [7, 11) is 0. The van der Waals surface area contributed by atoms with Crippen molar-refractivity contribution in [2.45, 2.75) is 32.2 Å². The molecule has 2 aromatic rings. The quantitative estimate of drug-likeness (QED) is 0.893. The Morgan fingerprint density at radius 1 is 1.17 bits per heavy atom. The molecule has 0 spiro atoms. The van der Waals surface area contributed by atoms with Crippen LogP contribution in [0.15, 0.2) is 36.4 Å². The molecule has 1 fully saturated rings. The second kappa shape index (κ2) is 9.82. The number of piperidine rings is 1. The van der Waals surface area contributed by atoms with Crippen molar-refractivity contribution >= 4 is 41.6 Å². The Balaban J connectivity index is 0.00000144. The summed E-state index contributed by atoms with van der Waals surface area (Å²) < 4.78 is 0. The second-order valence-electron chi connectivity index (χ2n) is 5.87. The minimum absolute atomic E-state index is 0. The molecule has 6 heteroatoms. The fourth-order valence-corrected chi connectivity index (χ4v) is 3.14. The number of carbonyl (C=O) groups is 1. The van der Waals surface area contributed by atoms with E-state index >= 15 is 0 Å². The van der Waals surface area contributed by atoms with Crippen LogP contribution in [0.4, 0.5) is 0 Å². The lowest BCUT2D eigenvalue weighted by molar-refractivity contribution is 0.0637. The van der Waals surface area contributed by atoms with Crippen molar-refractivity contribution in [3.8, 4) is 0 Å². The second-order valence-corrected chi connectivity index (χ2v) is 5.87. The van der Waals surface area contributed by atoms with Crippen molar-refractivity contribution in [3.05, 3.63) is 42.1 Å². The van der Waals surface area contributed by atoms with Crippen molar-refractivity contribution < 1.29 is 4.79 Å². The Morgan fingerprint density at radius 3 is 2.58 bits per heavy atom. The van der Waals surface area contributed by atoms with E-state index in [2.05, 4.69) is 17.2 Å². The van der Waals surface area contributed by atoms with E-state index in [1.54, 1.807) is 0 Å². The number of benzene rings is 1. The van der Waals surface area contributed by atoms with Crippen LogP contribution in [0.25, 0.3) is 10.9 Å². The summed E-state index contributed by atoms with van der Waals surface area (Å²) in [6, 6.07) is 12.1. The van der Waals surface area contributed by atoms with Crippen molar-refractivity contribution in [1.29, 1.82) is 0 Å². The number of rotatable bonds is 4. The van der Waals surface area contributed by atoms with Crippen LogP contribution in [-0.4, -0.2) is 41.5 Å². The van der Waals surface area contributed by atoms with Gasteiger partial charge in [0.1, 0.15) is 5.69 Å². The summed E-state index contributed by atoms with van der Waals surface area (Å²) in [6.45, 7) is 4.90. The van der Waals surface area contributed by atoms with Crippen molar-refractivity contribution in [3.63, 3.8) is 0 Å². The molecule has 1 aliphatic heterocycles. The molecule has 4 nitrogen and oxygen atoms in total. The average molecular weight is 370 g/mol. The largest absolute Gasteiger partial charge is 0.334 e. The van der Waals surface area contributed by atoms with Crippen LogP contribution in [0.1, 0.15) is 36.7 Å². The molecule has 0 aliphatic carbocycles. The van der Waals surface area contributed by atoms with Crippen LogP contribution in [0.3, 0.4) is 0 Å². The highest BCUT2D eigenvalue weighted by atomic mass is 35.5. The third-order valence-corrected chi connectivity index (χ3v) is 4.29. The summed E-state index contributed by atoms with van der Waals surface area (Å²) >= 11 is 0. The molecule has 1 aliphatic rings. The normalized spacial score (nSPS) is 14.5. The summed E-state index contributed by atoms with van der Waals surface area (Å²) in [6.07, 6.45) is 3.03. The lowest BCUT2D eigenvalue weighted by atomic mass is 10.0. The summed E-state index contributed by atoms with van der Waals surface area (Å²) in [5.74, 6) is 0.0690. The molecule has 132 valence electrons. The highest BCUT2D eigenvalue weighted by Crippen LogP contribution is 2.18. The van der Waals surface area contributed by atoms with Gasteiger partial charge in [-0.2, -0.15) is 0 Å². The van der Waals surface area contributed by atoms with Gasteiger partial charge in [-0.3, -0.25) is 4.79 Å². The third kappa shape index (κ3) is 4.59. The first-order chi connectivity index (χ1) is 10.8. The number of pyridine rings is 1. The number of hydrogen-bond donors (Lipinski definition) is 1. The van der Waals surface area contributed by atoms with Gasteiger partial charge in [-0.25, -0.2) is 4.98 Å². The molecule has 3 rings (SSSR count). The number of aromatic nitrogens is 1. The Hall–Kier alpha value is -1.36. The van der Waals surface area contributed by atoms with Gasteiger partial charge < -0.3 is 10.2 Å². The molecule has 1 aromatic heterocycles. The molecular formula is C18H25Cl2N3O. The van der Waals surface area contributed by atoms with Crippen LogP contribution in [0.2, 0.25) is 0 Å². The van der Waals surface area contributed by atoms with E-state index in [4.69, 9.17) is 0 Å². The zero-order chi connectivity index (χ0) is 15.4. The minimum Gasteiger partial charge on any atom is -0.334 e. The number of carbonyl (C=O) groups excluding carboxylic acids is 1. The maximum Gasteiger partial charge on any atom is 0.272 e. The monoisotopic (exact) mass is 369 g/mol. The molecular weight excluding hydrogens is 345 g/mol. The zero-order valence-corrected chi connectivity index (χ0v) is 15.5. The smallest absolute Gasteiger partial charge is 0.272 e. The maximum atomic E-state index is 12.9. The molecule has 0 saturated carbocycles. The molecule has 1 aromatic carbocycles. The lowest BCUT2D eigenvalue weighted by Crippen LogP contribution is -2.46. The molecule has 0 radical (unpaired) electrons. The molecule has 1 N–H and O–H groups in total. The van der Waals surface area contributed by atoms with E-state index < -0.39 is 0 Å². The van der Waals surface area contributed by atoms with Crippen molar-refractivity contribution in [2.24, 2.45) is 0 Å². The Kier molecular flexibility index (Phi) is 8.46. The van der Waals surface area contributed by atoms with Gasteiger partial charge in [-0.05, 0) is 44.5 Å². The van der Waals surface area contributed by atoms with Crippen LogP contribution in [0.5, 0.6) is 0 Å². The highest BCUT2D eigenvalue weighted by Gasteiger charge is 2.26. The number of nitrogens with one attached hydrogen (secondary N) is 1. The number of para-hydroxylation sites is 1. The van der Waals surface area contributed by atoms with Crippen LogP contribution in [0, 0.1) is 0 Å². The summed E-state index contributed by atoms with van der Waals surface area (Å²) in [5.41, 5.74) is 1.45. The Morgan fingerprint density at radius 2 is 1.88 bits per heavy atom. The van der Waals surface area contributed by atoms with Gasteiger partial charge in [-0.1, -0.05) is 31.2 Å². The van der Waals surface area contributed by atoms with Crippen LogP contribution >= 0.6 is 24.8 Å². The van der Waals surface area contributed by atoms with Gasteiger partial charge in [0.15, 0.2) is 0 Å². The van der Waals surface area contributed by atoms with E-state index in [9.17, 15) is 4.79 Å². The summed E-state index contributed by atoms with van der Waals surface area (Å²) in [5, 5.41) is 4.43. The van der Waals surface area contributed by atoms with Gasteiger partial charge in [0, 0.05) is 18.0 Å². The first-order valence-electron chi connectivity index (χ1n) is 8.17. The number of hydrogen-bond acceptors (Lipinski definition) is 3. The number of fused-ring (bicyclic) bond motifs is 1. The maximum absolute atomic E-state index is 12.9. The predicted octanol–water partition coefficient (Wildman–Crippen LogP) is 3.68. The topological polar surface area (TPSA) is 45.2 Å². The number of halogens is 2. The Labute approximate surface area is 155 Å². The van der Waals surface area contributed by atoms with Crippen molar-refractivity contribution in [2.75, 3.05) is 19.6 Å². The summed E-state index contributed by atoms with van der Waals surface area (Å²) in [4.78, 5) is 19.5. The van der Waals surface area contributed by atoms with E-state index in [1.807, 2.05) is 41.3 Å². The molecule has 0 atom stereocenters. The fourth-order valence-electron chi connectivity index (χ4n) is 3.14. The van der Waals surface area contributed by atoms with Gasteiger partial charge in [0.2, 0.25) is 0 Å². The number of nitrogens with zero attached hydrogens (tertiary/aromatic N) is 2. The molecule has 2 heterocycles. The first kappa shape index (κ1) is 20.7. The molecule has 0 bridgehead atoms. The van der Waals surface area contributed by atoms with Gasteiger partial charge in [-0.15, -0.1) is 24.8 Å². The molecule has 0 unspecified atom stereocenters. The molecule has 24 heavy (non-hydrogen) atoms. The third-order valence-electron chi connectivity index (χ3n) is 4.29. The fraction of sp³-hybridized carbons (Fsp3) is 0.444. The number of amides is 1. The molecule has 1 amide bonds. The standard InChI is InChI=1S/C18H23N3O.2ClH/c1-2-13-21(15-9-11-19-12-10-15)18(22)17-8-7-14-5-3-4-6-16(14)20-17;;/h3-8,15,19H,2,9-13H2,1H3;2*1H. The zero-order valence-electron chi connectivity index (χ0n) is 13.9. The van der Waals surface area contributed by atoms with Gasteiger partial charge in [0.05, 0.1) is 5.52 Å². The predicted molar refractivity (Wildman–Crippen MR) is 103 cm³/mol. The first-order valence-corrected chi connectivity index (χ1v) is 8.17. The molecule has 1 saturated heterocycles. The van der Waals surface area contributed by atoms with Crippen molar-refractivity contribution in [1.82, 2.24) is 15.2 Å². The van der Waals surface area contributed by atoms with E-state index in [1.165, 1.54) is 0 Å². The van der Waals surface area contributed by atoms with E-state index in [0.29, 0.717) is 11.7 Å². The highest BCUT2D eigenvalue weighted by molar-refractivity contribution is 5.95. The van der Waals surface area contributed by atoms with E-state index in [-0.39, 0.29) is 30.7 Å². The van der Waals surface area contributed by atoms with Crippen LogP contribution < -0.4 is 5.32 Å². The van der Waals surface area contributed by atoms with Gasteiger partial charge in [0.25, 0.3) is 5.91 Å².